The molecule has 0 saturated carbocycles. The molecule has 6 heteroatoms. The van der Waals surface area contributed by atoms with Crippen molar-refractivity contribution in [1.29, 1.82) is 0 Å². The van der Waals surface area contributed by atoms with Crippen LogP contribution in [0.25, 0.3) is 0 Å². The van der Waals surface area contributed by atoms with Crippen molar-refractivity contribution in [2.45, 2.75) is 9.79 Å². The van der Waals surface area contributed by atoms with E-state index in [0.717, 1.165) is 4.90 Å². The van der Waals surface area contributed by atoms with E-state index >= 15 is 0 Å². The highest BCUT2D eigenvalue weighted by atomic mass is 32.2. The third kappa shape index (κ3) is 4.77. The van der Waals surface area contributed by atoms with Crippen LogP contribution in [0.15, 0.2) is 64.4 Å². The lowest BCUT2D eigenvalue weighted by Gasteiger charge is -2.07. The summed E-state index contributed by atoms with van der Waals surface area (Å²) in [6, 6.07) is 16.2. The van der Waals surface area contributed by atoms with Crippen LogP contribution in [0, 0.1) is 0 Å². The fourth-order valence-electron chi connectivity index (χ4n) is 1.70. The molecule has 0 saturated heterocycles. The third-order valence-corrected chi connectivity index (χ3v) is 5.27. The lowest BCUT2D eigenvalue weighted by atomic mass is 10.3. The average Bonchev–Trinajstić information content (AvgIpc) is 2.53. The summed E-state index contributed by atoms with van der Waals surface area (Å²) >= 11 is 1.62. The maximum Gasteiger partial charge on any atom is 0.240 e. The van der Waals surface area contributed by atoms with Gasteiger partial charge >= 0.3 is 0 Å². The first-order valence-electron chi connectivity index (χ1n) is 6.43. The Hall–Kier alpha value is -1.50. The molecule has 112 valence electrons. The number of sulfonamides is 1. The van der Waals surface area contributed by atoms with Gasteiger partial charge in [-0.15, -0.1) is 11.8 Å². The molecule has 0 aliphatic heterocycles. The Kier molecular flexibility index (Phi) is 5.67. The van der Waals surface area contributed by atoms with Crippen LogP contribution < -0.4 is 9.46 Å². The van der Waals surface area contributed by atoms with Gasteiger partial charge in [-0.2, -0.15) is 0 Å². The van der Waals surface area contributed by atoms with E-state index in [2.05, 4.69) is 4.72 Å². The largest absolute Gasteiger partial charge is 0.497 e. The second-order valence-corrected chi connectivity index (χ2v) is 7.17. The quantitative estimate of drug-likeness (QED) is 0.629. The predicted molar refractivity (Wildman–Crippen MR) is 85.3 cm³/mol. The van der Waals surface area contributed by atoms with Gasteiger partial charge in [-0.05, 0) is 36.4 Å². The summed E-state index contributed by atoms with van der Waals surface area (Å²) in [5.41, 5.74) is 0. The van der Waals surface area contributed by atoms with E-state index in [0.29, 0.717) is 18.0 Å². The van der Waals surface area contributed by atoms with Crippen molar-refractivity contribution in [3.05, 3.63) is 54.6 Å². The van der Waals surface area contributed by atoms with Crippen molar-refractivity contribution in [1.82, 2.24) is 4.72 Å². The minimum absolute atomic E-state index is 0.244. The van der Waals surface area contributed by atoms with Crippen molar-refractivity contribution in [2.24, 2.45) is 0 Å². The molecule has 0 bridgehead atoms. The zero-order valence-electron chi connectivity index (χ0n) is 11.7. The number of hydrogen-bond acceptors (Lipinski definition) is 4. The van der Waals surface area contributed by atoms with Gasteiger partial charge in [0.1, 0.15) is 5.75 Å². The van der Waals surface area contributed by atoms with Gasteiger partial charge in [-0.25, -0.2) is 13.1 Å². The zero-order chi connectivity index (χ0) is 15.1. The molecule has 2 aromatic carbocycles. The lowest BCUT2D eigenvalue weighted by Crippen LogP contribution is -2.25. The number of thioether (sulfide) groups is 1. The molecule has 4 nitrogen and oxygen atoms in total. The van der Waals surface area contributed by atoms with E-state index in [4.69, 9.17) is 4.74 Å². The normalized spacial score (nSPS) is 11.3. The third-order valence-electron chi connectivity index (χ3n) is 2.78. The fourth-order valence-corrected chi connectivity index (χ4v) is 3.65. The Morgan fingerprint density at radius 3 is 2.33 bits per heavy atom. The maximum absolute atomic E-state index is 12.1. The molecule has 0 atom stereocenters. The Labute approximate surface area is 129 Å². The summed E-state index contributed by atoms with van der Waals surface area (Å²) in [4.78, 5) is 1.37. The maximum atomic E-state index is 12.1. The number of rotatable bonds is 7. The van der Waals surface area contributed by atoms with Crippen LogP contribution in [0.5, 0.6) is 5.75 Å². The first-order valence-corrected chi connectivity index (χ1v) is 8.90. The molecule has 1 N–H and O–H groups in total. The van der Waals surface area contributed by atoms with Crippen LogP contribution in [0.2, 0.25) is 0 Å². The van der Waals surface area contributed by atoms with E-state index < -0.39 is 10.0 Å². The Morgan fingerprint density at radius 2 is 1.71 bits per heavy atom. The van der Waals surface area contributed by atoms with E-state index in [1.54, 1.807) is 31.0 Å². The molecule has 0 radical (unpaired) electrons. The number of benzene rings is 2. The van der Waals surface area contributed by atoms with Crippen LogP contribution in [0.3, 0.4) is 0 Å². The fraction of sp³-hybridized carbons (Fsp3) is 0.200. The molecule has 0 spiro atoms. The number of nitrogens with one attached hydrogen (secondary N) is 1. The summed E-state index contributed by atoms with van der Waals surface area (Å²) in [5, 5.41) is 0. The van der Waals surface area contributed by atoms with Gasteiger partial charge in [-0.1, -0.05) is 18.2 Å². The molecule has 0 unspecified atom stereocenters. The van der Waals surface area contributed by atoms with E-state index in [9.17, 15) is 8.42 Å². The van der Waals surface area contributed by atoms with Crippen LogP contribution in [-0.2, 0) is 10.0 Å². The van der Waals surface area contributed by atoms with E-state index in [1.807, 2.05) is 30.3 Å². The van der Waals surface area contributed by atoms with Gasteiger partial charge < -0.3 is 4.74 Å². The Bertz CT molecular complexity index is 655. The summed E-state index contributed by atoms with van der Waals surface area (Å²) in [7, 11) is -1.91. The average molecular weight is 323 g/mol. The topological polar surface area (TPSA) is 55.4 Å². The highest BCUT2D eigenvalue weighted by Crippen LogP contribution is 2.17. The van der Waals surface area contributed by atoms with Gasteiger partial charge in [0.25, 0.3) is 0 Å². The van der Waals surface area contributed by atoms with Gasteiger partial charge in [-0.3, -0.25) is 0 Å². The molecule has 0 heterocycles. The molecule has 0 fully saturated rings. The monoisotopic (exact) mass is 323 g/mol. The van der Waals surface area contributed by atoms with Gasteiger partial charge in [0, 0.05) is 17.2 Å². The second-order valence-electron chi connectivity index (χ2n) is 4.23. The summed E-state index contributed by atoms with van der Waals surface area (Å²) in [6.45, 7) is 0.383. The zero-order valence-corrected chi connectivity index (χ0v) is 13.3. The molecular formula is C15H17NO3S2. The van der Waals surface area contributed by atoms with Crippen LogP contribution in [0.1, 0.15) is 0 Å². The second kappa shape index (κ2) is 7.49. The van der Waals surface area contributed by atoms with Gasteiger partial charge in [0.05, 0.1) is 12.0 Å². The standard InChI is InChI=1S/C15H17NO3S2/c1-19-13-7-9-15(10-8-13)21(17,18)16-11-12-20-14-5-3-2-4-6-14/h2-10,16H,11-12H2,1H3. The van der Waals surface area contributed by atoms with Crippen molar-refractivity contribution in [3.63, 3.8) is 0 Å². The Balaban J connectivity index is 1.86. The van der Waals surface area contributed by atoms with Gasteiger partial charge in [0.2, 0.25) is 10.0 Å². The molecule has 0 aliphatic rings. The van der Waals surface area contributed by atoms with Crippen molar-refractivity contribution in [3.8, 4) is 5.75 Å². The summed E-state index contributed by atoms with van der Waals surface area (Å²) < 4.78 is 31.8. The number of methoxy groups -OCH3 is 1. The molecular weight excluding hydrogens is 306 g/mol. The molecule has 2 rings (SSSR count). The number of ether oxygens (including phenoxy) is 1. The molecule has 0 aromatic heterocycles. The highest BCUT2D eigenvalue weighted by molar-refractivity contribution is 7.99. The van der Waals surface area contributed by atoms with Crippen molar-refractivity contribution >= 4 is 21.8 Å². The van der Waals surface area contributed by atoms with Crippen LogP contribution >= 0.6 is 11.8 Å². The van der Waals surface area contributed by atoms with E-state index in [1.165, 1.54) is 12.1 Å². The van der Waals surface area contributed by atoms with E-state index in [-0.39, 0.29) is 4.90 Å². The van der Waals surface area contributed by atoms with Crippen LogP contribution in [-0.4, -0.2) is 27.8 Å². The van der Waals surface area contributed by atoms with Crippen molar-refractivity contribution < 1.29 is 13.2 Å². The van der Waals surface area contributed by atoms with Gasteiger partial charge in [0.15, 0.2) is 0 Å². The SMILES string of the molecule is COc1ccc(S(=O)(=O)NCCSc2ccccc2)cc1. The highest BCUT2D eigenvalue weighted by Gasteiger charge is 2.12. The molecule has 2 aromatic rings. The summed E-state index contributed by atoms with van der Waals surface area (Å²) in [5.74, 6) is 1.31. The first kappa shape index (κ1) is 15.9. The molecule has 21 heavy (non-hydrogen) atoms. The number of hydrogen-bond donors (Lipinski definition) is 1. The molecule has 0 aliphatic carbocycles. The Morgan fingerprint density at radius 1 is 1.05 bits per heavy atom. The predicted octanol–water partition coefficient (Wildman–Crippen LogP) is 2.77. The minimum Gasteiger partial charge on any atom is -0.497 e. The van der Waals surface area contributed by atoms with Crippen LogP contribution in [0.4, 0.5) is 0 Å². The smallest absolute Gasteiger partial charge is 0.240 e. The lowest BCUT2D eigenvalue weighted by molar-refractivity contribution is 0.414. The summed E-state index contributed by atoms with van der Waals surface area (Å²) in [6.07, 6.45) is 0. The minimum atomic E-state index is -3.46. The molecule has 0 amide bonds. The van der Waals surface area contributed by atoms with Crippen molar-refractivity contribution in [2.75, 3.05) is 19.4 Å². The first-order chi connectivity index (χ1) is 10.1.